The largest absolute Gasteiger partial charge is 0.372 e. The Kier molecular flexibility index (Phi) is 3.68. The number of halogens is 2. The summed E-state index contributed by atoms with van der Waals surface area (Å²) in [6.07, 6.45) is -0.918. The normalized spacial score (nSPS) is 39.7. The summed E-state index contributed by atoms with van der Waals surface area (Å²) in [4.78, 5) is 1.78. The molecule has 2 rings (SSSR count). The van der Waals surface area contributed by atoms with Crippen molar-refractivity contribution in [2.75, 3.05) is 13.1 Å². The number of hydrogen-bond donors (Lipinski definition) is 1. The van der Waals surface area contributed by atoms with Crippen LogP contribution < -0.4 is 5.73 Å². The van der Waals surface area contributed by atoms with Gasteiger partial charge >= 0.3 is 0 Å². The van der Waals surface area contributed by atoms with Crippen molar-refractivity contribution in [1.82, 2.24) is 4.90 Å². The lowest BCUT2D eigenvalue weighted by Crippen LogP contribution is -2.48. The van der Waals surface area contributed by atoms with Gasteiger partial charge in [-0.15, -0.1) is 0 Å². The second-order valence-electron chi connectivity index (χ2n) is 5.12. The molecule has 17 heavy (non-hydrogen) atoms. The van der Waals surface area contributed by atoms with E-state index in [1.807, 2.05) is 13.8 Å². The minimum atomic E-state index is -1.28. The average molecular weight is 246 g/mol. The molecule has 0 aromatic carbocycles. The summed E-state index contributed by atoms with van der Waals surface area (Å²) in [6.45, 7) is 4.93. The Morgan fingerprint density at radius 2 is 1.88 bits per heavy atom. The van der Waals surface area contributed by atoms with E-state index in [-0.39, 0.29) is 30.7 Å². The van der Waals surface area contributed by atoms with Gasteiger partial charge in [0.1, 0.15) is 12.0 Å². The Labute approximate surface area is 101 Å². The average Bonchev–Trinajstić information content (AvgIpc) is 2.13. The first-order chi connectivity index (χ1) is 7.97. The third-order valence-electron chi connectivity index (χ3n) is 3.29. The highest BCUT2D eigenvalue weighted by Crippen LogP contribution is 2.32. The van der Waals surface area contributed by atoms with Gasteiger partial charge in [-0.1, -0.05) is 0 Å². The Bertz CT molecular complexity index is 312. The van der Waals surface area contributed by atoms with Gasteiger partial charge in [-0.25, -0.2) is 8.78 Å². The van der Waals surface area contributed by atoms with Crippen molar-refractivity contribution in [3.63, 3.8) is 0 Å². The Morgan fingerprint density at radius 1 is 1.29 bits per heavy atom. The van der Waals surface area contributed by atoms with Crippen molar-refractivity contribution in [2.45, 2.75) is 51.1 Å². The molecule has 2 N–H and O–H groups in total. The summed E-state index contributed by atoms with van der Waals surface area (Å²) < 4.78 is 33.4. The molecule has 1 saturated heterocycles. The highest BCUT2D eigenvalue weighted by molar-refractivity contribution is 5.18. The highest BCUT2D eigenvalue weighted by Gasteiger charge is 2.34. The van der Waals surface area contributed by atoms with Crippen molar-refractivity contribution in [3.05, 3.63) is 11.5 Å². The third kappa shape index (κ3) is 2.77. The SMILES string of the molecule is C[C@@H]1CN(C2=C(F)CC(N)CC2F)C[C@H](C)O1. The fourth-order valence-electron chi connectivity index (χ4n) is 2.71. The predicted molar refractivity (Wildman–Crippen MR) is 61.8 cm³/mol. The van der Waals surface area contributed by atoms with Crippen LogP contribution in [-0.4, -0.2) is 42.4 Å². The van der Waals surface area contributed by atoms with Crippen LogP contribution in [0.5, 0.6) is 0 Å². The van der Waals surface area contributed by atoms with E-state index in [1.54, 1.807) is 4.90 Å². The smallest absolute Gasteiger partial charge is 0.144 e. The Morgan fingerprint density at radius 3 is 2.41 bits per heavy atom. The minimum Gasteiger partial charge on any atom is -0.372 e. The van der Waals surface area contributed by atoms with Crippen LogP contribution in [0, 0.1) is 0 Å². The molecule has 0 saturated carbocycles. The van der Waals surface area contributed by atoms with Crippen molar-refractivity contribution in [3.8, 4) is 0 Å². The number of hydrogen-bond acceptors (Lipinski definition) is 3. The molecule has 0 aromatic rings. The molecule has 0 spiro atoms. The zero-order valence-corrected chi connectivity index (χ0v) is 10.3. The molecular weight excluding hydrogens is 226 g/mol. The van der Waals surface area contributed by atoms with Crippen LogP contribution in [0.2, 0.25) is 0 Å². The molecule has 0 aromatic heterocycles. The molecular formula is C12H20F2N2O. The van der Waals surface area contributed by atoms with Gasteiger partial charge in [0.05, 0.1) is 17.9 Å². The molecule has 1 aliphatic heterocycles. The summed E-state index contributed by atoms with van der Waals surface area (Å²) in [6, 6.07) is -0.398. The molecule has 2 unspecified atom stereocenters. The maximum atomic E-state index is 13.9. The van der Waals surface area contributed by atoms with Gasteiger partial charge < -0.3 is 15.4 Å². The Hall–Kier alpha value is -0.680. The first-order valence-corrected chi connectivity index (χ1v) is 6.16. The second-order valence-corrected chi connectivity index (χ2v) is 5.12. The fraction of sp³-hybridized carbons (Fsp3) is 0.833. The molecule has 1 heterocycles. The summed E-state index contributed by atoms with van der Waals surface area (Å²) in [7, 11) is 0. The number of allylic oxidation sites excluding steroid dienone is 1. The summed E-state index contributed by atoms with van der Waals surface area (Å²) in [5.74, 6) is -0.391. The van der Waals surface area contributed by atoms with Crippen molar-refractivity contribution in [1.29, 1.82) is 0 Å². The van der Waals surface area contributed by atoms with Gasteiger partial charge in [0, 0.05) is 25.6 Å². The second kappa shape index (κ2) is 4.90. The van der Waals surface area contributed by atoms with Crippen LogP contribution in [0.4, 0.5) is 8.78 Å². The van der Waals surface area contributed by atoms with Gasteiger partial charge in [0.2, 0.25) is 0 Å². The molecule has 2 aliphatic rings. The van der Waals surface area contributed by atoms with Crippen LogP contribution in [0.3, 0.4) is 0 Å². The predicted octanol–water partition coefficient (Wildman–Crippen LogP) is 1.74. The number of nitrogens with zero attached hydrogens (tertiary/aromatic N) is 1. The maximum Gasteiger partial charge on any atom is 0.144 e. The lowest BCUT2D eigenvalue weighted by Gasteiger charge is -2.40. The summed E-state index contributed by atoms with van der Waals surface area (Å²) in [5, 5.41) is 0. The highest BCUT2D eigenvalue weighted by atomic mass is 19.1. The number of ether oxygens (including phenoxy) is 1. The van der Waals surface area contributed by atoms with Crippen LogP contribution in [-0.2, 0) is 4.74 Å². The van der Waals surface area contributed by atoms with E-state index < -0.39 is 18.0 Å². The minimum absolute atomic E-state index is 0.00171. The number of nitrogens with two attached hydrogens (primary N) is 1. The standard InChI is InChI=1S/C12H20F2N2O/c1-7-5-16(6-8(2)17-7)12-10(13)3-9(15)4-11(12)14/h7-10H,3-6,15H2,1-2H3/t7-,8+,9?,10?. The molecule has 1 fully saturated rings. The molecule has 3 nitrogen and oxygen atoms in total. The van der Waals surface area contributed by atoms with Crippen LogP contribution in [0.15, 0.2) is 11.5 Å². The van der Waals surface area contributed by atoms with Gasteiger partial charge in [-0.2, -0.15) is 0 Å². The van der Waals surface area contributed by atoms with E-state index in [4.69, 9.17) is 10.5 Å². The van der Waals surface area contributed by atoms with Gasteiger partial charge in [0.25, 0.3) is 0 Å². The van der Waals surface area contributed by atoms with Crippen molar-refractivity contribution < 1.29 is 13.5 Å². The third-order valence-corrected chi connectivity index (χ3v) is 3.29. The fourth-order valence-corrected chi connectivity index (χ4v) is 2.71. The molecule has 0 bridgehead atoms. The first-order valence-electron chi connectivity index (χ1n) is 6.16. The molecule has 1 aliphatic carbocycles. The topological polar surface area (TPSA) is 38.5 Å². The van der Waals surface area contributed by atoms with E-state index in [0.29, 0.717) is 13.1 Å². The lowest BCUT2D eigenvalue weighted by molar-refractivity contribution is -0.0629. The van der Waals surface area contributed by atoms with Crippen LogP contribution in [0.1, 0.15) is 26.7 Å². The number of morpholine rings is 1. The number of rotatable bonds is 1. The van der Waals surface area contributed by atoms with Gasteiger partial charge in [-0.3, -0.25) is 0 Å². The Balaban J connectivity index is 2.17. The van der Waals surface area contributed by atoms with Crippen LogP contribution in [0.25, 0.3) is 0 Å². The monoisotopic (exact) mass is 246 g/mol. The van der Waals surface area contributed by atoms with Gasteiger partial charge in [0.15, 0.2) is 0 Å². The maximum absolute atomic E-state index is 13.9. The number of alkyl halides is 1. The van der Waals surface area contributed by atoms with Crippen molar-refractivity contribution >= 4 is 0 Å². The van der Waals surface area contributed by atoms with E-state index in [9.17, 15) is 8.78 Å². The summed E-state index contributed by atoms with van der Waals surface area (Å²) >= 11 is 0. The van der Waals surface area contributed by atoms with Crippen molar-refractivity contribution in [2.24, 2.45) is 5.73 Å². The van der Waals surface area contributed by atoms with Gasteiger partial charge in [-0.05, 0) is 20.3 Å². The molecule has 0 amide bonds. The zero-order chi connectivity index (χ0) is 12.6. The van der Waals surface area contributed by atoms with E-state index >= 15 is 0 Å². The molecule has 4 atom stereocenters. The van der Waals surface area contributed by atoms with E-state index in [1.165, 1.54) is 0 Å². The zero-order valence-electron chi connectivity index (χ0n) is 10.3. The molecule has 5 heteroatoms. The van der Waals surface area contributed by atoms with E-state index in [2.05, 4.69) is 0 Å². The summed E-state index contributed by atoms with van der Waals surface area (Å²) in [5.41, 5.74) is 5.81. The lowest BCUT2D eigenvalue weighted by atomic mass is 9.95. The quantitative estimate of drug-likeness (QED) is 0.766. The van der Waals surface area contributed by atoms with E-state index in [0.717, 1.165) is 0 Å². The first kappa shape index (κ1) is 12.8. The molecule has 0 radical (unpaired) electrons. The van der Waals surface area contributed by atoms with Crippen LogP contribution >= 0.6 is 0 Å². The molecule has 98 valence electrons.